The summed E-state index contributed by atoms with van der Waals surface area (Å²) in [6.07, 6.45) is 0. The van der Waals surface area contributed by atoms with Crippen LogP contribution in [0.25, 0.3) is 0 Å². The van der Waals surface area contributed by atoms with Crippen molar-refractivity contribution in [3.8, 4) is 0 Å². The van der Waals surface area contributed by atoms with E-state index in [-0.39, 0.29) is 59.6 Å². The number of rotatable bonds is 0. The Morgan fingerprint density at radius 2 is 0.400 bits per heavy atom. The van der Waals surface area contributed by atoms with E-state index in [1.54, 1.807) is 0 Å². The Morgan fingerprint density at radius 1 is 0.400 bits per heavy atom. The fourth-order valence-electron chi connectivity index (χ4n) is 0. The molecule has 0 saturated carbocycles. The van der Waals surface area contributed by atoms with Crippen LogP contribution in [0.5, 0.6) is 0 Å². The van der Waals surface area contributed by atoms with Crippen molar-refractivity contribution in [3.05, 3.63) is 0 Å². The Hall–Kier alpha value is 1.10. The summed E-state index contributed by atoms with van der Waals surface area (Å²) in [5, 5.41) is 0. The van der Waals surface area contributed by atoms with E-state index >= 15 is 0 Å². The summed E-state index contributed by atoms with van der Waals surface area (Å²) >= 11 is 0. The van der Waals surface area contributed by atoms with Crippen molar-refractivity contribution >= 4 is 37.7 Å². The zero-order chi connectivity index (χ0) is 0. The molecule has 5 heteroatoms. The monoisotopic (exact) mass is 114 g/mol. The first-order valence-electron chi connectivity index (χ1n) is 0. The molecule has 0 fully saturated rings. The van der Waals surface area contributed by atoms with Crippen LogP contribution < -0.4 is 0 Å². The molecule has 0 unspecified atom stereocenters. The minimum atomic E-state index is 0. The van der Waals surface area contributed by atoms with E-state index in [9.17, 15) is 0 Å². The van der Waals surface area contributed by atoms with E-state index < -0.39 is 0 Å². The minimum absolute atomic E-state index is 0. The molecule has 36 valence electrons. The normalized spacial score (nSPS) is 0. The molecule has 0 rings (SSSR count). The molecule has 0 saturated heterocycles. The van der Waals surface area contributed by atoms with Gasteiger partial charge in [0, 0.05) is 0 Å². The van der Waals surface area contributed by atoms with E-state index in [0.717, 1.165) is 0 Å². The van der Waals surface area contributed by atoms with Gasteiger partial charge in [-0.2, -0.15) is 0 Å². The van der Waals surface area contributed by atoms with Crippen LogP contribution in [0, 0.1) is 0 Å². The maximum atomic E-state index is 0. The van der Waals surface area contributed by atoms with Gasteiger partial charge in [-0.05, 0) is 0 Å². The molecule has 0 aliphatic rings. The molecule has 8 N–H and O–H groups in total. The molecule has 0 aliphatic carbocycles. The van der Waals surface area contributed by atoms with Gasteiger partial charge >= 0.3 is 37.7 Å². The molecule has 0 bridgehead atoms. The van der Waals surface area contributed by atoms with E-state index in [1.807, 2.05) is 0 Å². The van der Waals surface area contributed by atoms with Crippen molar-refractivity contribution in [3.63, 3.8) is 0 Å². The average Bonchev–Trinajstić information content (AvgIpc) is 0. The first-order chi connectivity index (χ1) is 0. The topological polar surface area (TPSA) is 126 Å². The fourth-order valence-corrected chi connectivity index (χ4v) is 0. The van der Waals surface area contributed by atoms with E-state index in [1.165, 1.54) is 0 Å². The second kappa shape index (κ2) is 70.9. The van der Waals surface area contributed by atoms with Crippen LogP contribution in [0.3, 0.4) is 0 Å². The quantitative estimate of drug-likeness (QED) is 0.283. The van der Waals surface area contributed by atoms with Gasteiger partial charge in [0.05, 0.1) is 0 Å². The van der Waals surface area contributed by atoms with E-state index in [2.05, 4.69) is 0 Å². The summed E-state index contributed by atoms with van der Waals surface area (Å²) < 4.78 is 0. The molecule has 0 aromatic heterocycles. The van der Waals surface area contributed by atoms with Crippen LogP contribution in [-0.4, -0.2) is 59.6 Å². The van der Waals surface area contributed by atoms with Gasteiger partial charge in [-0.3, -0.25) is 0 Å². The summed E-state index contributed by atoms with van der Waals surface area (Å²) in [7, 11) is 0. The molecular weight excluding hydrogens is 104 g/mol. The van der Waals surface area contributed by atoms with Crippen molar-refractivity contribution in [2.75, 3.05) is 0 Å². The third-order valence-electron chi connectivity index (χ3n) is 0. The Balaban J connectivity index is 0. The number of hydrogen-bond acceptors (Lipinski definition) is 0. The Bertz CT molecular complexity index is 3.61. The Kier molecular flexibility index (Phi) is 1860. The van der Waals surface area contributed by atoms with Gasteiger partial charge in [-0.25, -0.2) is 0 Å². The van der Waals surface area contributed by atoms with Crippen LogP contribution in [-0.2, 0) is 0 Å². The van der Waals surface area contributed by atoms with Crippen LogP contribution in [0.2, 0.25) is 0 Å². The predicted octanol–water partition coefficient (Wildman–Crippen LogP) is -4.21. The fraction of sp³-hybridized carbons (Fsp3) is 0. The summed E-state index contributed by atoms with van der Waals surface area (Å²) in [5.74, 6) is 0. The molecule has 5 heavy (non-hydrogen) atoms. The Labute approximate surface area is 59.4 Å². The van der Waals surface area contributed by atoms with Crippen LogP contribution in [0.15, 0.2) is 0 Å². The van der Waals surface area contributed by atoms with Gasteiger partial charge in [0.15, 0.2) is 0 Å². The molecule has 0 aliphatic heterocycles. The van der Waals surface area contributed by atoms with Crippen molar-refractivity contribution in [1.29, 1.82) is 0 Å². The molecule has 0 aromatic rings. The van der Waals surface area contributed by atoms with Gasteiger partial charge in [0.25, 0.3) is 0 Å². The second-order valence-corrected chi connectivity index (χ2v) is 0. The van der Waals surface area contributed by atoms with Gasteiger partial charge in [-0.1, -0.05) is 0 Å². The van der Waals surface area contributed by atoms with Gasteiger partial charge in [0.2, 0.25) is 0 Å². The van der Waals surface area contributed by atoms with Crippen LogP contribution in [0.1, 0.15) is 0 Å². The molecule has 0 radical (unpaired) electrons. The molecule has 0 spiro atoms. The van der Waals surface area contributed by atoms with Crippen molar-refractivity contribution in [2.24, 2.45) is 0 Å². The van der Waals surface area contributed by atoms with Crippen molar-refractivity contribution in [2.45, 2.75) is 0 Å². The van der Waals surface area contributed by atoms with Gasteiger partial charge < -0.3 is 21.9 Å². The number of hydrogen-bond donors (Lipinski definition) is 0. The van der Waals surface area contributed by atoms with Crippen molar-refractivity contribution < 1.29 is 21.9 Å². The third-order valence-corrected chi connectivity index (χ3v) is 0. The predicted molar refractivity (Wildman–Crippen MR) is 23.0 cm³/mol. The van der Waals surface area contributed by atoms with E-state index in [0.29, 0.717) is 0 Å². The standard InChI is InChI=1S/Ca.4H2O.2H/h;4*1H2;;. The molecular formula is H10CaO4. The van der Waals surface area contributed by atoms with Crippen molar-refractivity contribution in [1.82, 2.24) is 0 Å². The van der Waals surface area contributed by atoms with Crippen LogP contribution >= 0.6 is 0 Å². The van der Waals surface area contributed by atoms with Crippen LogP contribution in [0.4, 0.5) is 0 Å². The summed E-state index contributed by atoms with van der Waals surface area (Å²) in [6, 6.07) is 0. The zero-order valence-electron chi connectivity index (χ0n) is 2.00. The third kappa shape index (κ3) is 40.5. The molecule has 0 amide bonds. The first-order valence-corrected chi connectivity index (χ1v) is 0. The second-order valence-electron chi connectivity index (χ2n) is 0. The SMILES string of the molecule is O.O.O.O.[CaH2]. The summed E-state index contributed by atoms with van der Waals surface area (Å²) in [6.45, 7) is 0. The maximum absolute atomic E-state index is 0. The molecule has 0 aromatic carbocycles. The zero-order valence-corrected chi connectivity index (χ0v) is 2.00. The van der Waals surface area contributed by atoms with E-state index in [4.69, 9.17) is 0 Å². The first kappa shape index (κ1) is 131. The average molecular weight is 114 g/mol. The van der Waals surface area contributed by atoms with Gasteiger partial charge in [-0.15, -0.1) is 0 Å². The molecule has 0 heterocycles. The molecule has 4 nitrogen and oxygen atoms in total. The Morgan fingerprint density at radius 3 is 0.400 bits per heavy atom. The summed E-state index contributed by atoms with van der Waals surface area (Å²) in [4.78, 5) is 0. The summed E-state index contributed by atoms with van der Waals surface area (Å²) in [5.41, 5.74) is 0. The van der Waals surface area contributed by atoms with Gasteiger partial charge in [0.1, 0.15) is 0 Å². The molecule has 0 atom stereocenters.